The maximum atomic E-state index is 11.7. The van der Waals surface area contributed by atoms with E-state index in [2.05, 4.69) is 6.92 Å². The summed E-state index contributed by atoms with van der Waals surface area (Å²) in [6.45, 7) is 2.45. The second-order valence-corrected chi connectivity index (χ2v) is 4.87. The summed E-state index contributed by atoms with van der Waals surface area (Å²) in [6.07, 6.45) is 4.59. The van der Waals surface area contributed by atoms with E-state index in [4.69, 9.17) is 9.47 Å². The van der Waals surface area contributed by atoms with Crippen LogP contribution in [0.3, 0.4) is 0 Å². The Balaban J connectivity index is 2.20. The van der Waals surface area contributed by atoms with E-state index >= 15 is 0 Å². The van der Waals surface area contributed by atoms with Crippen LogP contribution in [0.15, 0.2) is 0 Å². The lowest BCUT2D eigenvalue weighted by Gasteiger charge is -2.26. The highest BCUT2D eigenvalue weighted by Crippen LogP contribution is 2.31. The SMILES string of the molecule is CCC1CCC(C(=O)OCC(O)COC)CC1. The standard InChI is InChI=1S/C13H24O4/c1-3-10-4-6-11(7-5-10)13(15)17-9-12(14)8-16-2/h10-12,14H,3-9H2,1-2H3. The molecule has 0 aromatic carbocycles. The molecule has 0 saturated heterocycles. The van der Waals surface area contributed by atoms with Gasteiger partial charge in [0.05, 0.1) is 12.5 Å². The molecule has 4 heteroatoms. The van der Waals surface area contributed by atoms with Gasteiger partial charge in [-0.1, -0.05) is 13.3 Å². The van der Waals surface area contributed by atoms with E-state index in [0.717, 1.165) is 31.6 Å². The molecule has 4 nitrogen and oxygen atoms in total. The number of aliphatic hydroxyl groups is 1. The number of carbonyl (C=O) groups is 1. The van der Waals surface area contributed by atoms with Crippen molar-refractivity contribution in [2.45, 2.75) is 45.1 Å². The molecule has 0 radical (unpaired) electrons. The van der Waals surface area contributed by atoms with E-state index in [1.807, 2.05) is 0 Å². The summed E-state index contributed by atoms with van der Waals surface area (Å²) in [6, 6.07) is 0. The molecule has 100 valence electrons. The highest BCUT2D eigenvalue weighted by molar-refractivity contribution is 5.72. The van der Waals surface area contributed by atoms with Crippen LogP contribution in [0.2, 0.25) is 0 Å². The molecule has 1 N–H and O–H groups in total. The van der Waals surface area contributed by atoms with E-state index in [-0.39, 0.29) is 25.1 Å². The minimum absolute atomic E-state index is 0.0348. The number of hydrogen-bond donors (Lipinski definition) is 1. The van der Waals surface area contributed by atoms with E-state index < -0.39 is 6.10 Å². The van der Waals surface area contributed by atoms with Gasteiger partial charge < -0.3 is 14.6 Å². The van der Waals surface area contributed by atoms with Crippen molar-refractivity contribution in [3.63, 3.8) is 0 Å². The van der Waals surface area contributed by atoms with Crippen molar-refractivity contribution < 1.29 is 19.4 Å². The molecule has 0 amide bonds. The zero-order chi connectivity index (χ0) is 12.7. The van der Waals surface area contributed by atoms with Crippen LogP contribution in [0.1, 0.15) is 39.0 Å². The number of methoxy groups -OCH3 is 1. The summed E-state index contributed by atoms with van der Waals surface area (Å²) >= 11 is 0. The first-order valence-corrected chi connectivity index (χ1v) is 6.51. The van der Waals surface area contributed by atoms with Gasteiger partial charge in [-0.3, -0.25) is 4.79 Å². The zero-order valence-electron chi connectivity index (χ0n) is 10.9. The molecule has 1 unspecified atom stereocenters. The van der Waals surface area contributed by atoms with Gasteiger partial charge in [-0.15, -0.1) is 0 Å². The Morgan fingerprint density at radius 3 is 2.47 bits per heavy atom. The van der Waals surface area contributed by atoms with Gasteiger partial charge in [0.1, 0.15) is 12.7 Å². The van der Waals surface area contributed by atoms with Crippen LogP contribution in [0.4, 0.5) is 0 Å². The van der Waals surface area contributed by atoms with Crippen molar-refractivity contribution in [2.75, 3.05) is 20.3 Å². The van der Waals surface area contributed by atoms with Crippen LogP contribution >= 0.6 is 0 Å². The summed E-state index contributed by atoms with van der Waals surface area (Å²) in [5.41, 5.74) is 0. The molecule has 1 fully saturated rings. The largest absolute Gasteiger partial charge is 0.463 e. The molecule has 1 rings (SSSR count). The number of carbonyl (C=O) groups excluding carboxylic acids is 1. The number of ether oxygens (including phenoxy) is 2. The Morgan fingerprint density at radius 1 is 1.29 bits per heavy atom. The molecule has 1 aliphatic carbocycles. The average Bonchev–Trinajstić information content (AvgIpc) is 2.36. The predicted molar refractivity (Wildman–Crippen MR) is 64.6 cm³/mol. The molecule has 0 aromatic rings. The minimum Gasteiger partial charge on any atom is -0.463 e. The van der Waals surface area contributed by atoms with Crippen molar-refractivity contribution in [2.24, 2.45) is 11.8 Å². The lowest BCUT2D eigenvalue weighted by atomic mass is 9.81. The fourth-order valence-electron chi connectivity index (χ4n) is 2.34. The van der Waals surface area contributed by atoms with Crippen LogP contribution in [0.25, 0.3) is 0 Å². The lowest BCUT2D eigenvalue weighted by Crippen LogP contribution is -2.28. The van der Waals surface area contributed by atoms with E-state index in [1.165, 1.54) is 13.5 Å². The molecule has 0 bridgehead atoms. The van der Waals surface area contributed by atoms with Crippen LogP contribution in [-0.4, -0.2) is 37.5 Å². The van der Waals surface area contributed by atoms with Gasteiger partial charge in [0.2, 0.25) is 0 Å². The smallest absolute Gasteiger partial charge is 0.309 e. The Hall–Kier alpha value is -0.610. The second-order valence-electron chi connectivity index (χ2n) is 4.87. The third-order valence-electron chi connectivity index (χ3n) is 3.53. The van der Waals surface area contributed by atoms with Crippen LogP contribution in [-0.2, 0) is 14.3 Å². The summed E-state index contributed by atoms with van der Waals surface area (Å²) in [7, 11) is 1.51. The van der Waals surface area contributed by atoms with Gasteiger partial charge >= 0.3 is 5.97 Å². The molecule has 1 aliphatic rings. The topological polar surface area (TPSA) is 55.8 Å². The van der Waals surface area contributed by atoms with Gasteiger partial charge in [-0.05, 0) is 31.6 Å². The van der Waals surface area contributed by atoms with Gasteiger partial charge in [-0.2, -0.15) is 0 Å². The van der Waals surface area contributed by atoms with Gasteiger partial charge in [0.25, 0.3) is 0 Å². The molecular weight excluding hydrogens is 220 g/mol. The molecular formula is C13H24O4. The van der Waals surface area contributed by atoms with Crippen LogP contribution in [0.5, 0.6) is 0 Å². The van der Waals surface area contributed by atoms with Crippen molar-refractivity contribution in [1.29, 1.82) is 0 Å². The first-order chi connectivity index (χ1) is 8.17. The van der Waals surface area contributed by atoms with E-state index in [0.29, 0.717) is 0 Å². The molecule has 1 saturated carbocycles. The van der Waals surface area contributed by atoms with Crippen LogP contribution in [0, 0.1) is 11.8 Å². The van der Waals surface area contributed by atoms with Gasteiger partial charge in [-0.25, -0.2) is 0 Å². The first-order valence-electron chi connectivity index (χ1n) is 6.51. The predicted octanol–water partition coefficient (Wildman–Crippen LogP) is 1.75. The van der Waals surface area contributed by atoms with Crippen molar-refractivity contribution in [1.82, 2.24) is 0 Å². The zero-order valence-corrected chi connectivity index (χ0v) is 10.9. The maximum absolute atomic E-state index is 11.7. The summed E-state index contributed by atoms with van der Waals surface area (Å²) in [5.74, 6) is 0.653. The normalized spacial score (nSPS) is 26.5. The minimum atomic E-state index is -0.712. The second kappa shape index (κ2) is 7.67. The summed E-state index contributed by atoms with van der Waals surface area (Å²) in [4.78, 5) is 11.7. The number of hydrogen-bond acceptors (Lipinski definition) is 4. The van der Waals surface area contributed by atoms with Crippen LogP contribution < -0.4 is 0 Å². The third kappa shape index (κ3) is 5.04. The van der Waals surface area contributed by atoms with Crippen molar-refractivity contribution >= 4 is 5.97 Å². The maximum Gasteiger partial charge on any atom is 0.309 e. The summed E-state index contributed by atoms with van der Waals surface area (Å²) in [5, 5.41) is 9.37. The molecule has 0 aromatic heterocycles. The van der Waals surface area contributed by atoms with Gasteiger partial charge in [0.15, 0.2) is 0 Å². The Morgan fingerprint density at radius 2 is 1.94 bits per heavy atom. The highest BCUT2D eigenvalue weighted by Gasteiger charge is 2.26. The molecule has 17 heavy (non-hydrogen) atoms. The summed E-state index contributed by atoms with van der Waals surface area (Å²) < 4.78 is 9.86. The van der Waals surface area contributed by atoms with Gasteiger partial charge in [0, 0.05) is 7.11 Å². The van der Waals surface area contributed by atoms with E-state index in [9.17, 15) is 9.90 Å². The quantitative estimate of drug-likeness (QED) is 0.723. The number of esters is 1. The Labute approximate surface area is 103 Å². The fourth-order valence-corrected chi connectivity index (χ4v) is 2.34. The van der Waals surface area contributed by atoms with Crippen molar-refractivity contribution in [3.8, 4) is 0 Å². The number of rotatable bonds is 6. The van der Waals surface area contributed by atoms with E-state index in [1.54, 1.807) is 0 Å². The molecule has 0 aliphatic heterocycles. The Bertz CT molecular complexity index is 221. The van der Waals surface area contributed by atoms with Crippen molar-refractivity contribution in [3.05, 3.63) is 0 Å². The average molecular weight is 244 g/mol. The lowest BCUT2D eigenvalue weighted by molar-refractivity contribution is -0.153. The first kappa shape index (κ1) is 14.5. The monoisotopic (exact) mass is 244 g/mol. The third-order valence-corrected chi connectivity index (χ3v) is 3.53. The molecule has 1 atom stereocenters. The Kier molecular flexibility index (Phi) is 6.52. The highest BCUT2D eigenvalue weighted by atomic mass is 16.5. The molecule has 0 spiro atoms. The molecule has 0 heterocycles. The number of aliphatic hydroxyl groups excluding tert-OH is 1. The fraction of sp³-hybridized carbons (Fsp3) is 0.923.